The number of fused-ring (bicyclic) bond motifs is 2. The highest BCUT2D eigenvalue weighted by molar-refractivity contribution is 7.85. The zero-order valence-corrected chi connectivity index (χ0v) is 20.5. The Balaban J connectivity index is 1.58. The van der Waals surface area contributed by atoms with Gasteiger partial charge in [0, 0.05) is 5.56 Å². The number of hydrogen-bond acceptors (Lipinski definition) is 9. The Bertz CT molecular complexity index is 1680. The van der Waals surface area contributed by atoms with E-state index in [0.717, 1.165) is 12.5 Å². The molecule has 4 aromatic rings. The average Bonchev–Trinajstić information content (AvgIpc) is 3.28. The highest BCUT2D eigenvalue weighted by Crippen LogP contribution is 2.43. The lowest BCUT2D eigenvalue weighted by molar-refractivity contribution is -0.120. The number of benzene rings is 1. The van der Waals surface area contributed by atoms with Crippen molar-refractivity contribution < 1.29 is 26.2 Å². The molecule has 1 unspecified atom stereocenters. The van der Waals surface area contributed by atoms with E-state index < -0.39 is 33.1 Å². The third-order valence-corrected chi connectivity index (χ3v) is 6.76. The second-order valence-corrected chi connectivity index (χ2v) is 10.5. The molecule has 0 bridgehead atoms. The first-order valence-corrected chi connectivity index (χ1v) is 12.9. The van der Waals surface area contributed by atoms with E-state index in [9.17, 15) is 22.0 Å². The third-order valence-electron chi connectivity index (χ3n) is 6.16. The summed E-state index contributed by atoms with van der Waals surface area (Å²) in [6.45, 7) is 1.34. The van der Waals surface area contributed by atoms with Gasteiger partial charge in [-0.15, -0.1) is 0 Å². The zero-order valence-electron chi connectivity index (χ0n) is 19.7. The van der Waals surface area contributed by atoms with Gasteiger partial charge in [-0.25, -0.2) is 28.4 Å². The molecule has 0 radical (unpaired) electrons. The third kappa shape index (κ3) is 4.49. The zero-order chi connectivity index (χ0) is 26.5. The van der Waals surface area contributed by atoms with Gasteiger partial charge in [0.1, 0.15) is 29.0 Å². The molecule has 11 nitrogen and oxygen atoms in total. The van der Waals surface area contributed by atoms with Gasteiger partial charge >= 0.3 is 0 Å². The van der Waals surface area contributed by atoms with Gasteiger partial charge in [0.25, 0.3) is 10.1 Å². The summed E-state index contributed by atoms with van der Waals surface area (Å²) in [6, 6.07) is 7.37. The summed E-state index contributed by atoms with van der Waals surface area (Å²) in [5.41, 5.74) is 6.05. The molecule has 0 aliphatic carbocycles. The molecule has 3 aromatic heterocycles. The van der Waals surface area contributed by atoms with Crippen LogP contribution in [0.5, 0.6) is 0 Å². The van der Waals surface area contributed by atoms with Crippen molar-refractivity contribution in [3.05, 3.63) is 59.3 Å². The van der Waals surface area contributed by atoms with Crippen LogP contribution >= 0.6 is 0 Å². The average molecular weight is 530 g/mol. The van der Waals surface area contributed by atoms with Crippen molar-refractivity contribution in [3.8, 4) is 11.5 Å². The topological polar surface area (TPSA) is 155 Å². The van der Waals surface area contributed by atoms with E-state index in [-0.39, 0.29) is 59.3 Å². The van der Waals surface area contributed by atoms with Crippen LogP contribution in [-0.2, 0) is 31.1 Å². The summed E-state index contributed by atoms with van der Waals surface area (Å²) in [7, 11) is -3.70. The maximum atomic E-state index is 14.3. The van der Waals surface area contributed by atoms with Crippen molar-refractivity contribution in [1.29, 1.82) is 0 Å². The normalized spacial score (nSPS) is 17.2. The van der Waals surface area contributed by atoms with Gasteiger partial charge in [-0.2, -0.15) is 13.5 Å². The van der Waals surface area contributed by atoms with Crippen molar-refractivity contribution in [3.63, 3.8) is 0 Å². The van der Waals surface area contributed by atoms with Crippen LogP contribution in [0.3, 0.4) is 0 Å². The van der Waals surface area contributed by atoms with Gasteiger partial charge in [0.05, 0.1) is 42.0 Å². The van der Waals surface area contributed by atoms with Crippen LogP contribution in [0.4, 0.5) is 20.4 Å². The largest absolute Gasteiger partial charge is 0.383 e. The van der Waals surface area contributed by atoms with E-state index in [2.05, 4.69) is 25.4 Å². The molecular formula is C23H21F2N7O4S. The molecule has 192 valence electrons. The summed E-state index contributed by atoms with van der Waals surface area (Å²) in [4.78, 5) is 25.7. The van der Waals surface area contributed by atoms with E-state index in [1.54, 1.807) is 25.1 Å². The molecule has 5 rings (SSSR count). The lowest BCUT2D eigenvalue weighted by atomic mass is 9.81. The summed E-state index contributed by atoms with van der Waals surface area (Å²) in [6.07, 6.45) is 1.93. The molecule has 37 heavy (non-hydrogen) atoms. The van der Waals surface area contributed by atoms with Crippen LogP contribution in [0, 0.1) is 11.6 Å². The predicted octanol–water partition coefficient (Wildman–Crippen LogP) is 2.37. The fraction of sp³-hybridized carbons (Fsp3) is 0.261. The summed E-state index contributed by atoms with van der Waals surface area (Å²) >= 11 is 0. The fourth-order valence-electron chi connectivity index (χ4n) is 4.31. The number of nitrogens with zero attached hydrogens (tertiary/aromatic N) is 5. The van der Waals surface area contributed by atoms with E-state index in [4.69, 9.17) is 9.92 Å². The number of carbonyl (C=O) groups excluding carboxylic acids is 1. The van der Waals surface area contributed by atoms with Gasteiger partial charge in [0.15, 0.2) is 11.5 Å². The Labute approximate surface area is 209 Å². The van der Waals surface area contributed by atoms with Crippen LogP contribution in [0.1, 0.15) is 24.5 Å². The fourth-order valence-corrected chi connectivity index (χ4v) is 4.70. The number of amides is 1. The molecule has 0 fully saturated rings. The Hall–Kier alpha value is -4.04. The van der Waals surface area contributed by atoms with Gasteiger partial charge in [-0.3, -0.25) is 8.98 Å². The Kier molecular flexibility index (Phi) is 5.87. The Morgan fingerprint density at radius 3 is 2.70 bits per heavy atom. The van der Waals surface area contributed by atoms with Crippen molar-refractivity contribution in [2.24, 2.45) is 0 Å². The highest BCUT2D eigenvalue weighted by atomic mass is 32.2. The maximum absolute atomic E-state index is 14.3. The minimum absolute atomic E-state index is 0.00113. The smallest absolute Gasteiger partial charge is 0.264 e. The van der Waals surface area contributed by atoms with Gasteiger partial charge in [-0.05, 0) is 25.5 Å². The lowest BCUT2D eigenvalue weighted by Gasteiger charge is -2.22. The minimum atomic E-state index is -3.70. The summed E-state index contributed by atoms with van der Waals surface area (Å²) in [5, 5.41) is 7.40. The number of pyridine rings is 1. The van der Waals surface area contributed by atoms with Crippen molar-refractivity contribution in [1.82, 2.24) is 24.7 Å². The quantitative estimate of drug-likeness (QED) is 0.343. The summed E-state index contributed by atoms with van der Waals surface area (Å²) < 4.78 is 57.3. The first-order valence-electron chi connectivity index (χ1n) is 11.1. The molecule has 0 saturated heterocycles. The van der Waals surface area contributed by atoms with Crippen LogP contribution in [0.15, 0.2) is 36.5 Å². The summed E-state index contributed by atoms with van der Waals surface area (Å²) in [5.74, 6) is -1.44. The predicted molar refractivity (Wildman–Crippen MR) is 130 cm³/mol. The first kappa shape index (κ1) is 24.6. The molecule has 0 saturated carbocycles. The molecule has 1 aromatic carbocycles. The number of aromatic nitrogens is 5. The molecule has 1 aliphatic rings. The first-order chi connectivity index (χ1) is 17.5. The van der Waals surface area contributed by atoms with Crippen molar-refractivity contribution in [2.75, 3.05) is 23.9 Å². The number of nitrogens with one attached hydrogen (secondary N) is 1. The molecule has 14 heteroatoms. The molecular weight excluding hydrogens is 508 g/mol. The molecule has 1 amide bonds. The van der Waals surface area contributed by atoms with Crippen molar-refractivity contribution >= 4 is 38.7 Å². The number of nitrogens with two attached hydrogens (primary N) is 1. The number of rotatable bonds is 7. The van der Waals surface area contributed by atoms with E-state index in [1.807, 2.05) is 0 Å². The van der Waals surface area contributed by atoms with Crippen LogP contribution in [0.25, 0.3) is 22.6 Å². The van der Waals surface area contributed by atoms with Crippen LogP contribution < -0.4 is 11.1 Å². The van der Waals surface area contributed by atoms with Crippen LogP contribution in [-0.4, -0.2) is 51.9 Å². The standard InChI is InChI=1S/C23H21F2N7O4S/c1-23(7-8-36-37(2,34)35)16-18(26)28-20(29-19(16)30-22(23)33)17-14-9-13(24)10-27-21(14)32(31-17)11-12-5-3-4-6-15(12)25/h3-6,9-10H,7-8,11H2,1-2H3,(H3,26,28,29,30,33). The van der Waals surface area contributed by atoms with Gasteiger partial charge in [-0.1, -0.05) is 18.2 Å². The number of halogens is 2. The molecule has 3 N–H and O–H groups in total. The number of anilines is 2. The monoisotopic (exact) mass is 529 g/mol. The molecule has 1 aliphatic heterocycles. The van der Waals surface area contributed by atoms with E-state index in [1.165, 1.54) is 16.8 Å². The van der Waals surface area contributed by atoms with Gasteiger partial charge in [0.2, 0.25) is 5.91 Å². The number of carbonyl (C=O) groups is 1. The SMILES string of the molecule is CC1(CCOS(C)(=O)=O)C(=O)Nc2nc(-c3nn(Cc4ccccc4F)c4ncc(F)cc34)nc(N)c21. The minimum Gasteiger partial charge on any atom is -0.383 e. The van der Waals surface area contributed by atoms with E-state index >= 15 is 0 Å². The van der Waals surface area contributed by atoms with Crippen LogP contribution in [0.2, 0.25) is 0 Å². The van der Waals surface area contributed by atoms with Gasteiger partial charge < -0.3 is 11.1 Å². The maximum Gasteiger partial charge on any atom is 0.264 e. The number of hydrogen-bond donors (Lipinski definition) is 2. The second kappa shape index (κ2) is 8.81. The van der Waals surface area contributed by atoms with E-state index in [0.29, 0.717) is 5.56 Å². The molecule has 0 spiro atoms. The van der Waals surface area contributed by atoms with Crippen molar-refractivity contribution in [2.45, 2.75) is 25.3 Å². The lowest BCUT2D eigenvalue weighted by Crippen LogP contribution is -2.33. The molecule has 4 heterocycles. The Morgan fingerprint density at radius 2 is 1.97 bits per heavy atom. The Morgan fingerprint density at radius 1 is 1.22 bits per heavy atom. The highest BCUT2D eigenvalue weighted by Gasteiger charge is 2.46. The number of nitrogen functional groups attached to an aromatic ring is 1. The second-order valence-electron chi connectivity index (χ2n) is 8.84. The molecule has 1 atom stereocenters.